The molecule has 0 radical (unpaired) electrons. The summed E-state index contributed by atoms with van der Waals surface area (Å²) in [5.74, 6) is 4.29. The largest absolute Gasteiger partial charge is 0.479 e. The van der Waals surface area contributed by atoms with Gasteiger partial charge < -0.3 is 14.3 Å². The molecule has 21 heavy (non-hydrogen) atoms. The maximum absolute atomic E-state index is 11.5. The quantitative estimate of drug-likeness (QED) is 0.549. The van der Waals surface area contributed by atoms with Crippen LogP contribution in [0.4, 0.5) is 0 Å². The molecule has 0 fully saturated rings. The summed E-state index contributed by atoms with van der Waals surface area (Å²) in [5, 5.41) is 10.2. The first-order chi connectivity index (χ1) is 10.1. The Morgan fingerprint density at radius 3 is 2.86 bits per heavy atom. The highest BCUT2D eigenvalue weighted by molar-refractivity contribution is 7.15. The third-order valence-corrected chi connectivity index (χ3v) is 3.64. The van der Waals surface area contributed by atoms with Gasteiger partial charge in [-0.2, -0.15) is 10.9 Å². The van der Waals surface area contributed by atoms with Gasteiger partial charge in [0.25, 0.3) is 0 Å². The lowest BCUT2D eigenvalue weighted by molar-refractivity contribution is 0.0503. The summed E-state index contributed by atoms with van der Waals surface area (Å²) in [6.07, 6.45) is 1.47. The molecular formula is C13H11N4O3P. The van der Waals surface area contributed by atoms with Gasteiger partial charge in [-0.05, 0) is 39.7 Å². The van der Waals surface area contributed by atoms with Crippen LogP contribution in [0.2, 0.25) is 0 Å². The summed E-state index contributed by atoms with van der Waals surface area (Å²) in [6, 6.07) is 8.31. The van der Waals surface area contributed by atoms with E-state index in [2.05, 4.69) is 24.2 Å². The Morgan fingerprint density at radius 2 is 2.14 bits per heavy atom. The summed E-state index contributed by atoms with van der Waals surface area (Å²) < 4.78 is 1.83. The zero-order valence-electron chi connectivity index (χ0n) is 10.7. The molecule has 0 saturated heterocycles. The van der Waals surface area contributed by atoms with Gasteiger partial charge in [0.1, 0.15) is 0 Å². The third kappa shape index (κ3) is 2.33. The van der Waals surface area contributed by atoms with Crippen molar-refractivity contribution in [3.63, 3.8) is 0 Å². The van der Waals surface area contributed by atoms with Gasteiger partial charge in [-0.15, -0.1) is 0 Å². The number of hydrogen-bond donors (Lipinski definition) is 2. The standard InChI is InChI=1S/C13H11N4O3P/c14-20-12(18)7-1-2-10-8(5-7)6-11(17(10)21)9-3-4-15-13(19)16-9/h1-6H,14,21H2,(H,15,16,19). The van der Waals surface area contributed by atoms with Crippen LogP contribution in [0.1, 0.15) is 10.4 Å². The maximum Gasteiger partial charge on any atom is 0.356 e. The lowest BCUT2D eigenvalue weighted by Gasteiger charge is -2.03. The molecule has 1 unspecified atom stereocenters. The smallest absolute Gasteiger partial charge is 0.356 e. The number of fused-ring (bicyclic) bond motifs is 1. The molecule has 0 amide bonds. The molecule has 0 bridgehead atoms. The molecule has 8 heteroatoms. The van der Waals surface area contributed by atoms with E-state index in [9.17, 15) is 9.90 Å². The number of carbonyl (C=O) groups is 1. The van der Waals surface area contributed by atoms with Crippen molar-refractivity contribution in [3.8, 4) is 17.4 Å². The Labute approximate surface area is 121 Å². The van der Waals surface area contributed by atoms with E-state index in [0.29, 0.717) is 11.3 Å². The highest BCUT2D eigenvalue weighted by atomic mass is 31.0. The van der Waals surface area contributed by atoms with Crippen molar-refractivity contribution in [1.29, 1.82) is 0 Å². The molecule has 2 heterocycles. The van der Waals surface area contributed by atoms with Crippen LogP contribution in [0, 0.1) is 0 Å². The van der Waals surface area contributed by atoms with Crippen LogP contribution < -0.4 is 5.90 Å². The van der Waals surface area contributed by atoms with Gasteiger partial charge in [0.15, 0.2) is 0 Å². The summed E-state index contributed by atoms with van der Waals surface area (Å²) >= 11 is 0. The predicted octanol–water partition coefficient (Wildman–Crippen LogP) is 1.47. The van der Waals surface area contributed by atoms with Crippen LogP contribution in [0.25, 0.3) is 22.3 Å². The monoisotopic (exact) mass is 302 g/mol. The van der Waals surface area contributed by atoms with Crippen LogP contribution >= 0.6 is 9.39 Å². The fourth-order valence-corrected chi connectivity index (χ4v) is 2.56. The number of nitrogens with two attached hydrogens (primary N) is 1. The Kier molecular flexibility index (Phi) is 3.29. The summed E-state index contributed by atoms with van der Waals surface area (Å²) in [4.78, 5) is 23.3. The first kappa shape index (κ1) is 13.5. The lowest BCUT2D eigenvalue weighted by atomic mass is 10.1. The van der Waals surface area contributed by atoms with Crippen molar-refractivity contribution in [2.75, 3.05) is 0 Å². The molecule has 0 aliphatic carbocycles. The molecule has 7 nitrogen and oxygen atoms in total. The van der Waals surface area contributed by atoms with E-state index in [1.54, 1.807) is 24.3 Å². The zero-order valence-corrected chi connectivity index (χ0v) is 11.9. The number of hydrogen-bond acceptors (Lipinski definition) is 6. The Hall–Kier alpha value is -2.50. The average Bonchev–Trinajstić information content (AvgIpc) is 2.83. The van der Waals surface area contributed by atoms with Gasteiger partial charge in [0.2, 0.25) is 0 Å². The van der Waals surface area contributed by atoms with E-state index in [1.807, 2.05) is 10.4 Å². The van der Waals surface area contributed by atoms with Crippen LogP contribution in [0.3, 0.4) is 0 Å². The molecule has 1 aromatic carbocycles. The van der Waals surface area contributed by atoms with Crippen LogP contribution in [-0.4, -0.2) is 25.4 Å². The number of rotatable bonds is 2. The number of benzene rings is 1. The molecule has 2 aromatic heterocycles. The maximum atomic E-state index is 11.5. The Balaban J connectivity index is 2.17. The van der Waals surface area contributed by atoms with Crippen LogP contribution in [-0.2, 0) is 4.84 Å². The first-order valence-electron chi connectivity index (χ1n) is 5.94. The van der Waals surface area contributed by atoms with Crippen molar-refractivity contribution < 1.29 is 14.7 Å². The predicted molar refractivity (Wildman–Crippen MR) is 79.3 cm³/mol. The summed E-state index contributed by atoms with van der Waals surface area (Å²) in [7, 11) is 2.56. The lowest BCUT2D eigenvalue weighted by Crippen LogP contribution is -2.09. The number of carbonyl (C=O) groups excluding carboxylic acids is 1. The van der Waals surface area contributed by atoms with Gasteiger partial charge in [0.05, 0.1) is 22.5 Å². The minimum absolute atomic E-state index is 0.296. The molecule has 0 spiro atoms. The zero-order chi connectivity index (χ0) is 15.0. The molecule has 3 aromatic rings. The minimum Gasteiger partial charge on any atom is -0.479 e. The second-order valence-electron chi connectivity index (χ2n) is 4.32. The Morgan fingerprint density at radius 1 is 1.33 bits per heavy atom. The second kappa shape index (κ2) is 5.12. The summed E-state index contributed by atoms with van der Waals surface area (Å²) in [6.45, 7) is 0. The third-order valence-electron chi connectivity index (χ3n) is 3.09. The van der Waals surface area contributed by atoms with Gasteiger partial charge >= 0.3 is 12.0 Å². The topological polar surface area (TPSA) is 103 Å². The van der Waals surface area contributed by atoms with Crippen molar-refractivity contribution in [3.05, 3.63) is 42.1 Å². The van der Waals surface area contributed by atoms with Crippen molar-refractivity contribution in [2.24, 2.45) is 5.90 Å². The SMILES string of the molecule is NOC(=O)c1ccc2c(c1)cc(-c1ccnc(O)n1)n2P. The van der Waals surface area contributed by atoms with Crippen molar-refractivity contribution in [2.45, 2.75) is 0 Å². The van der Waals surface area contributed by atoms with E-state index < -0.39 is 5.97 Å². The van der Waals surface area contributed by atoms with E-state index >= 15 is 0 Å². The molecule has 0 aliphatic rings. The van der Waals surface area contributed by atoms with E-state index in [1.165, 1.54) is 6.20 Å². The van der Waals surface area contributed by atoms with Crippen LogP contribution in [0.5, 0.6) is 6.01 Å². The summed E-state index contributed by atoms with van der Waals surface area (Å²) in [5.41, 5.74) is 2.56. The van der Waals surface area contributed by atoms with Gasteiger partial charge in [-0.1, -0.05) is 0 Å². The molecule has 3 rings (SSSR count). The average molecular weight is 302 g/mol. The number of aromatic hydroxyl groups is 1. The highest BCUT2D eigenvalue weighted by Crippen LogP contribution is 2.30. The molecule has 0 saturated carbocycles. The van der Waals surface area contributed by atoms with Crippen LogP contribution in [0.15, 0.2) is 36.5 Å². The molecular weight excluding hydrogens is 291 g/mol. The number of aromatic nitrogens is 3. The molecule has 0 aliphatic heterocycles. The minimum atomic E-state index is -0.602. The highest BCUT2D eigenvalue weighted by Gasteiger charge is 2.13. The fourth-order valence-electron chi connectivity index (χ4n) is 2.12. The van der Waals surface area contributed by atoms with E-state index in [-0.39, 0.29) is 6.01 Å². The molecule has 106 valence electrons. The normalized spacial score (nSPS) is 10.8. The van der Waals surface area contributed by atoms with Crippen molar-refractivity contribution in [1.82, 2.24) is 14.3 Å². The van der Waals surface area contributed by atoms with Gasteiger partial charge in [-0.3, -0.25) is 0 Å². The number of nitrogens with zero attached hydrogens (tertiary/aromatic N) is 3. The second-order valence-corrected chi connectivity index (χ2v) is 4.84. The van der Waals surface area contributed by atoms with Gasteiger partial charge in [0, 0.05) is 11.6 Å². The van der Waals surface area contributed by atoms with Gasteiger partial charge in [-0.25, -0.2) is 9.78 Å². The Bertz CT molecular complexity index is 847. The van der Waals surface area contributed by atoms with E-state index in [4.69, 9.17) is 5.90 Å². The van der Waals surface area contributed by atoms with E-state index in [0.717, 1.165) is 16.6 Å². The molecule has 3 N–H and O–H groups in total. The first-order valence-corrected chi connectivity index (χ1v) is 6.46. The van der Waals surface area contributed by atoms with Crippen molar-refractivity contribution >= 4 is 26.3 Å². The molecule has 1 atom stereocenters. The fraction of sp³-hybridized carbons (Fsp3) is 0.